The van der Waals surface area contributed by atoms with Gasteiger partial charge in [-0.05, 0) is 30.3 Å². The molecule has 0 aliphatic heterocycles. The van der Waals surface area contributed by atoms with Crippen LogP contribution in [-0.2, 0) is 9.53 Å². The normalized spacial score (nSPS) is 14.5. The Kier molecular flexibility index (Phi) is 7.40. The van der Waals surface area contributed by atoms with Crippen molar-refractivity contribution in [2.24, 2.45) is 11.8 Å². The largest absolute Gasteiger partial charge is 0.385 e. The van der Waals surface area contributed by atoms with Crippen LogP contribution in [0.3, 0.4) is 0 Å². The van der Waals surface area contributed by atoms with Crippen LogP contribution in [0.2, 0.25) is 0 Å². The number of rotatable bonds is 7. The zero-order valence-electron chi connectivity index (χ0n) is 9.75. The number of ether oxygens (including phenoxy) is 1. The first-order valence-electron chi connectivity index (χ1n) is 5.31. The highest BCUT2D eigenvalue weighted by molar-refractivity contribution is 5.73. The Morgan fingerprint density at radius 3 is 2.43 bits per heavy atom. The van der Waals surface area contributed by atoms with Gasteiger partial charge in [-0.2, -0.15) is 0 Å². The predicted molar refractivity (Wildman–Crippen MR) is 59.3 cm³/mol. The fraction of sp³-hybridized carbons (Fsp3) is 0.750. The SMILES string of the molecule is CC/C=C(\C=O)C(CCOC)C(C)C. The van der Waals surface area contributed by atoms with Gasteiger partial charge in [0.25, 0.3) is 0 Å². The van der Waals surface area contributed by atoms with E-state index < -0.39 is 0 Å². The molecule has 0 aliphatic carbocycles. The smallest absolute Gasteiger partial charge is 0.145 e. The Balaban J connectivity index is 4.44. The van der Waals surface area contributed by atoms with Gasteiger partial charge in [-0.25, -0.2) is 0 Å². The summed E-state index contributed by atoms with van der Waals surface area (Å²) in [7, 11) is 1.70. The summed E-state index contributed by atoms with van der Waals surface area (Å²) in [6, 6.07) is 0. The molecule has 2 heteroatoms. The third-order valence-electron chi connectivity index (χ3n) is 2.44. The third kappa shape index (κ3) is 4.56. The Morgan fingerprint density at radius 1 is 1.43 bits per heavy atom. The first-order valence-corrected chi connectivity index (χ1v) is 5.31. The Labute approximate surface area is 87.3 Å². The fourth-order valence-electron chi connectivity index (χ4n) is 1.65. The van der Waals surface area contributed by atoms with Gasteiger partial charge in [-0.15, -0.1) is 0 Å². The molecule has 1 atom stereocenters. The van der Waals surface area contributed by atoms with Crippen molar-refractivity contribution in [1.29, 1.82) is 0 Å². The van der Waals surface area contributed by atoms with E-state index in [9.17, 15) is 4.79 Å². The number of methoxy groups -OCH3 is 1. The lowest BCUT2D eigenvalue weighted by Gasteiger charge is -2.20. The summed E-state index contributed by atoms with van der Waals surface area (Å²) < 4.78 is 5.05. The van der Waals surface area contributed by atoms with Crippen LogP contribution in [0.25, 0.3) is 0 Å². The Bertz CT molecular complexity index is 183. The lowest BCUT2D eigenvalue weighted by Crippen LogP contribution is -2.15. The van der Waals surface area contributed by atoms with Gasteiger partial charge in [-0.3, -0.25) is 4.79 Å². The minimum Gasteiger partial charge on any atom is -0.385 e. The van der Waals surface area contributed by atoms with E-state index >= 15 is 0 Å². The Hall–Kier alpha value is -0.630. The third-order valence-corrected chi connectivity index (χ3v) is 2.44. The summed E-state index contributed by atoms with van der Waals surface area (Å²) in [6.45, 7) is 7.07. The zero-order chi connectivity index (χ0) is 11.0. The van der Waals surface area contributed by atoms with Crippen molar-refractivity contribution in [1.82, 2.24) is 0 Å². The van der Waals surface area contributed by atoms with Crippen molar-refractivity contribution in [2.45, 2.75) is 33.6 Å². The second-order valence-corrected chi connectivity index (χ2v) is 3.86. The van der Waals surface area contributed by atoms with E-state index in [1.165, 1.54) is 0 Å². The molecular weight excluding hydrogens is 176 g/mol. The van der Waals surface area contributed by atoms with Gasteiger partial charge in [0, 0.05) is 13.7 Å². The summed E-state index contributed by atoms with van der Waals surface area (Å²) in [5.74, 6) is 0.834. The molecule has 0 radical (unpaired) electrons. The van der Waals surface area contributed by atoms with Crippen LogP contribution >= 0.6 is 0 Å². The highest BCUT2D eigenvalue weighted by Gasteiger charge is 2.17. The predicted octanol–water partition coefficient (Wildman–Crippen LogP) is 2.83. The van der Waals surface area contributed by atoms with Crippen molar-refractivity contribution in [3.05, 3.63) is 11.6 Å². The van der Waals surface area contributed by atoms with Crippen LogP contribution in [0.4, 0.5) is 0 Å². The van der Waals surface area contributed by atoms with Crippen molar-refractivity contribution in [2.75, 3.05) is 13.7 Å². The number of carbonyl (C=O) groups excluding carboxylic acids is 1. The van der Waals surface area contributed by atoms with Crippen LogP contribution in [0.1, 0.15) is 33.6 Å². The van der Waals surface area contributed by atoms with Gasteiger partial charge in [0.2, 0.25) is 0 Å². The molecule has 0 saturated carbocycles. The minimum atomic E-state index is 0.340. The van der Waals surface area contributed by atoms with Gasteiger partial charge in [0.15, 0.2) is 0 Å². The molecule has 82 valence electrons. The average Bonchev–Trinajstić information content (AvgIpc) is 2.16. The van der Waals surface area contributed by atoms with Gasteiger partial charge >= 0.3 is 0 Å². The summed E-state index contributed by atoms with van der Waals surface area (Å²) in [6.07, 6.45) is 4.86. The standard InChI is InChI=1S/C12H22O2/c1-5-6-11(9-13)12(10(2)3)7-8-14-4/h6,9-10,12H,5,7-8H2,1-4H3/b11-6+. The van der Waals surface area contributed by atoms with E-state index in [0.29, 0.717) is 11.8 Å². The van der Waals surface area contributed by atoms with Crippen LogP contribution in [-0.4, -0.2) is 20.0 Å². The van der Waals surface area contributed by atoms with Crippen molar-refractivity contribution in [3.8, 4) is 0 Å². The fourth-order valence-corrected chi connectivity index (χ4v) is 1.65. The molecule has 0 aliphatic rings. The van der Waals surface area contributed by atoms with E-state index in [1.54, 1.807) is 7.11 Å². The second-order valence-electron chi connectivity index (χ2n) is 3.86. The molecule has 0 spiro atoms. The van der Waals surface area contributed by atoms with Gasteiger partial charge in [0.1, 0.15) is 6.29 Å². The molecule has 0 aromatic carbocycles. The molecule has 0 aromatic rings. The number of allylic oxidation sites excluding steroid dienone is 2. The molecule has 0 saturated heterocycles. The second kappa shape index (κ2) is 7.74. The molecule has 1 unspecified atom stereocenters. The number of hydrogen-bond acceptors (Lipinski definition) is 2. The van der Waals surface area contributed by atoms with Crippen molar-refractivity contribution >= 4 is 6.29 Å². The lowest BCUT2D eigenvalue weighted by molar-refractivity contribution is -0.105. The van der Waals surface area contributed by atoms with Crippen LogP contribution in [0, 0.1) is 11.8 Å². The minimum absolute atomic E-state index is 0.340. The molecule has 0 heterocycles. The maximum Gasteiger partial charge on any atom is 0.145 e. The molecule has 0 aromatic heterocycles. The van der Waals surface area contributed by atoms with E-state index in [2.05, 4.69) is 20.8 Å². The highest BCUT2D eigenvalue weighted by Crippen LogP contribution is 2.23. The van der Waals surface area contributed by atoms with Crippen LogP contribution in [0.5, 0.6) is 0 Å². The van der Waals surface area contributed by atoms with E-state index in [-0.39, 0.29) is 0 Å². The number of hydrogen-bond donors (Lipinski definition) is 0. The van der Waals surface area contributed by atoms with Crippen molar-refractivity contribution in [3.63, 3.8) is 0 Å². The van der Waals surface area contributed by atoms with E-state index in [4.69, 9.17) is 4.74 Å². The monoisotopic (exact) mass is 198 g/mol. The molecule has 0 rings (SSSR count). The molecular formula is C12H22O2. The van der Waals surface area contributed by atoms with E-state index in [0.717, 1.165) is 31.3 Å². The summed E-state index contributed by atoms with van der Waals surface area (Å²) in [4.78, 5) is 10.9. The molecule has 0 amide bonds. The van der Waals surface area contributed by atoms with Gasteiger partial charge in [0.05, 0.1) is 0 Å². The maximum absolute atomic E-state index is 10.9. The summed E-state index contributed by atoms with van der Waals surface area (Å²) in [5, 5.41) is 0. The topological polar surface area (TPSA) is 26.3 Å². The van der Waals surface area contributed by atoms with Gasteiger partial charge < -0.3 is 4.74 Å². The molecule has 0 bridgehead atoms. The zero-order valence-corrected chi connectivity index (χ0v) is 9.75. The summed E-state index contributed by atoms with van der Waals surface area (Å²) in [5.41, 5.74) is 0.930. The first-order chi connectivity index (χ1) is 6.67. The van der Waals surface area contributed by atoms with Crippen LogP contribution < -0.4 is 0 Å². The van der Waals surface area contributed by atoms with Crippen LogP contribution in [0.15, 0.2) is 11.6 Å². The quantitative estimate of drug-likeness (QED) is 0.464. The molecule has 2 nitrogen and oxygen atoms in total. The Morgan fingerprint density at radius 2 is 2.07 bits per heavy atom. The average molecular weight is 198 g/mol. The van der Waals surface area contributed by atoms with Gasteiger partial charge in [-0.1, -0.05) is 26.8 Å². The first kappa shape index (κ1) is 13.4. The number of carbonyl (C=O) groups is 1. The number of aldehydes is 1. The molecule has 0 N–H and O–H groups in total. The van der Waals surface area contributed by atoms with Crippen molar-refractivity contribution < 1.29 is 9.53 Å². The maximum atomic E-state index is 10.9. The highest BCUT2D eigenvalue weighted by atomic mass is 16.5. The molecule has 0 fully saturated rings. The summed E-state index contributed by atoms with van der Waals surface area (Å²) >= 11 is 0. The lowest BCUT2D eigenvalue weighted by atomic mass is 9.86. The molecule has 14 heavy (non-hydrogen) atoms. The van der Waals surface area contributed by atoms with E-state index in [1.807, 2.05) is 6.08 Å².